The fraction of sp³-hybridized carbons (Fsp3) is 1.00. The third-order valence-corrected chi connectivity index (χ3v) is 0.316. The number of aliphatic hydroxyl groups excluding tert-OH is 1. The third kappa shape index (κ3) is 3.92. The molecular weight excluding hydrogens is 80.0 g/mol. The molecule has 0 unspecified atom stereocenters. The van der Waals surface area contributed by atoms with Gasteiger partial charge in [-0.2, -0.15) is 0 Å². The predicted molar refractivity (Wildman–Crippen MR) is 23.4 cm³/mol. The smallest absolute Gasteiger partial charge is 0.0564 e. The van der Waals surface area contributed by atoms with Crippen molar-refractivity contribution in [1.82, 2.24) is 0 Å². The zero-order valence-electron chi connectivity index (χ0n) is 7.31. The Bertz CT molecular complexity index is 108. The Morgan fingerprint density at radius 1 is 1.50 bits per heavy atom. The van der Waals surface area contributed by atoms with E-state index in [2.05, 4.69) is 0 Å². The summed E-state index contributed by atoms with van der Waals surface area (Å²) < 4.78 is 26.9. The van der Waals surface area contributed by atoms with Crippen molar-refractivity contribution in [2.24, 2.45) is 0 Å². The molecule has 0 radical (unpaired) electrons. The molecule has 0 spiro atoms. The fourth-order valence-corrected chi connectivity index (χ4v) is 0.112. The molecule has 0 rings (SSSR count). The lowest BCUT2D eigenvalue weighted by atomic mass is 10.3. The summed E-state index contributed by atoms with van der Waals surface area (Å²) in [4.78, 5) is 0. The minimum atomic E-state index is -2.88. The number of rotatable bonds is 3. The van der Waals surface area contributed by atoms with E-state index >= 15 is 0 Å². The van der Waals surface area contributed by atoms with E-state index in [0.717, 1.165) is 0 Å². The summed E-state index contributed by atoms with van der Waals surface area (Å²) in [7, 11) is 0. The first-order valence-electron chi connectivity index (χ1n) is 3.64. The third-order valence-electron chi connectivity index (χ3n) is 0.316. The van der Waals surface area contributed by atoms with Crippen molar-refractivity contribution in [3.63, 3.8) is 0 Å². The maximum absolute atomic E-state index is 8.52. The average molecular weight is 94.1 g/mol. The van der Waals surface area contributed by atoms with Gasteiger partial charge in [0, 0.05) is 15.9 Å². The Morgan fingerprint density at radius 3 is 2.33 bits per heavy atom. The summed E-state index contributed by atoms with van der Waals surface area (Å²) in [6.07, 6.45) is -2.78. The highest BCUT2D eigenvalue weighted by atomic mass is 16.3. The molecule has 0 aliphatic heterocycles. The van der Waals surface area contributed by atoms with Gasteiger partial charge < -0.3 is 10.2 Å². The molecule has 6 heavy (non-hydrogen) atoms. The minimum absolute atomic E-state index is 0.406. The van der Waals surface area contributed by atoms with Gasteiger partial charge in [0.25, 0.3) is 0 Å². The van der Waals surface area contributed by atoms with Crippen molar-refractivity contribution in [2.45, 2.75) is 12.8 Å². The quantitative estimate of drug-likeness (QED) is 0.506. The van der Waals surface area contributed by atoms with E-state index in [1.165, 1.54) is 0 Å². The second kappa shape index (κ2) is 4.92. The number of hydrogen-bond acceptors (Lipinski definition) is 2. The van der Waals surface area contributed by atoms with Gasteiger partial charge in [0.15, 0.2) is 0 Å². The molecule has 0 aliphatic rings. The molecule has 38 valence electrons. The molecule has 0 aromatic carbocycles. The van der Waals surface area contributed by atoms with Crippen molar-refractivity contribution in [3.05, 3.63) is 0 Å². The highest BCUT2D eigenvalue weighted by Gasteiger charge is 1.77. The zero-order valence-corrected chi connectivity index (χ0v) is 3.31. The molecule has 0 amide bonds. The fourth-order valence-electron chi connectivity index (χ4n) is 0.112. The van der Waals surface area contributed by atoms with Gasteiger partial charge in [0.1, 0.15) is 0 Å². The summed E-state index contributed by atoms with van der Waals surface area (Å²) in [5, 5.41) is 16.8. The minimum Gasteiger partial charge on any atom is -0.396 e. The van der Waals surface area contributed by atoms with Crippen LogP contribution in [-0.4, -0.2) is 23.4 Å². The summed E-state index contributed by atoms with van der Waals surface area (Å²) >= 11 is 0. The van der Waals surface area contributed by atoms with E-state index in [0.29, 0.717) is 0 Å². The van der Waals surface area contributed by atoms with Crippen LogP contribution in [-0.2, 0) is 0 Å². The average Bonchev–Trinajstić information content (AvgIpc) is 1.61. The standard InChI is InChI=1S/C4H10O2/c5-3-1-2-4-6/h5-6H,1-4H2/i1D2,3D2. The maximum atomic E-state index is 8.52. The molecule has 0 fully saturated rings. The Hall–Kier alpha value is -0.0800. The van der Waals surface area contributed by atoms with Crippen LogP contribution in [0.2, 0.25) is 0 Å². The van der Waals surface area contributed by atoms with Crippen LogP contribution in [0.3, 0.4) is 0 Å². The molecule has 0 aliphatic carbocycles. The summed E-state index contributed by atoms with van der Waals surface area (Å²) in [5.74, 6) is 0. The van der Waals surface area contributed by atoms with Crippen molar-refractivity contribution in [3.8, 4) is 0 Å². The molecular formula is C4H10O2. The van der Waals surface area contributed by atoms with Crippen LogP contribution in [0.4, 0.5) is 0 Å². The molecule has 2 heteroatoms. The summed E-state index contributed by atoms with van der Waals surface area (Å²) in [6.45, 7) is -3.36. The van der Waals surface area contributed by atoms with Gasteiger partial charge in [-0.05, 0) is 12.8 Å². The van der Waals surface area contributed by atoms with Gasteiger partial charge in [0.2, 0.25) is 0 Å². The Balaban J connectivity index is 4.10. The highest BCUT2D eigenvalue weighted by Crippen LogP contribution is 1.80. The van der Waals surface area contributed by atoms with Crippen LogP contribution in [0.5, 0.6) is 0 Å². The van der Waals surface area contributed by atoms with E-state index < -0.39 is 26.0 Å². The number of hydrogen-bond donors (Lipinski definition) is 2. The van der Waals surface area contributed by atoms with Crippen LogP contribution < -0.4 is 0 Å². The molecule has 2 N–H and O–H groups in total. The number of aliphatic hydroxyl groups is 2. The van der Waals surface area contributed by atoms with Crippen molar-refractivity contribution in [1.29, 1.82) is 0 Å². The topological polar surface area (TPSA) is 40.5 Å². The van der Waals surface area contributed by atoms with E-state index in [9.17, 15) is 0 Å². The van der Waals surface area contributed by atoms with Crippen molar-refractivity contribution < 1.29 is 15.7 Å². The van der Waals surface area contributed by atoms with Crippen LogP contribution in [0.15, 0.2) is 0 Å². The summed E-state index contributed by atoms with van der Waals surface area (Å²) in [6, 6.07) is 0. The molecule has 0 bridgehead atoms. The normalized spacial score (nSPS) is 23.7. The molecule has 0 saturated carbocycles. The van der Waals surface area contributed by atoms with Gasteiger partial charge >= 0.3 is 0 Å². The van der Waals surface area contributed by atoms with E-state index in [1.807, 2.05) is 0 Å². The monoisotopic (exact) mass is 94.1 g/mol. The van der Waals surface area contributed by atoms with Gasteiger partial charge in [0.05, 0.1) is 2.74 Å². The van der Waals surface area contributed by atoms with Gasteiger partial charge in [-0.15, -0.1) is 0 Å². The first-order chi connectivity index (χ1) is 4.31. The van der Waals surface area contributed by atoms with Crippen LogP contribution in [0.1, 0.15) is 18.3 Å². The first-order valence-corrected chi connectivity index (χ1v) is 1.64. The molecule has 0 saturated heterocycles. The second-order valence-electron chi connectivity index (χ2n) is 0.762. The van der Waals surface area contributed by atoms with E-state index in [1.54, 1.807) is 0 Å². The van der Waals surface area contributed by atoms with Crippen molar-refractivity contribution in [2.75, 3.05) is 13.2 Å². The maximum Gasteiger partial charge on any atom is 0.0564 e. The van der Waals surface area contributed by atoms with E-state index in [-0.39, 0.29) is 0 Å². The lowest BCUT2D eigenvalue weighted by molar-refractivity contribution is 0.242. The zero-order chi connectivity index (χ0) is 8.41. The van der Waals surface area contributed by atoms with Gasteiger partial charge in [-0.3, -0.25) is 0 Å². The predicted octanol–water partition coefficient (Wildman–Crippen LogP) is -0.249. The Morgan fingerprint density at radius 2 is 2.17 bits per heavy atom. The molecule has 0 aromatic rings. The largest absolute Gasteiger partial charge is 0.396 e. The van der Waals surface area contributed by atoms with Crippen molar-refractivity contribution >= 4 is 0 Å². The SMILES string of the molecule is [2H]C([2H])(O)C([2H])([2H])CCO. The molecule has 2 nitrogen and oxygen atoms in total. The lowest BCUT2D eigenvalue weighted by Gasteiger charge is -1.85. The second-order valence-corrected chi connectivity index (χ2v) is 0.762. The first kappa shape index (κ1) is 1.80. The lowest BCUT2D eigenvalue weighted by Crippen LogP contribution is -1.85. The highest BCUT2D eigenvalue weighted by molar-refractivity contribution is 4.30. The Kier molecular flexibility index (Phi) is 1.48. The summed E-state index contributed by atoms with van der Waals surface area (Å²) in [5.41, 5.74) is 0. The Labute approximate surface area is 43.0 Å². The van der Waals surface area contributed by atoms with Crippen LogP contribution in [0, 0.1) is 0 Å². The molecule has 0 aromatic heterocycles. The molecule has 0 heterocycles. The van der Waals surface area contributed by atoms with Crippen LogP contribution >= 0.6 is 0 Å². The van der Waals surface area contributed by atoms with E-state index in [4.69, 9.17) is 15.7 Å². The van der Waals surface area contributed by atoms with Gasteiger partial charge in [-0.1, -0.05) is 0 Å². The molecule has 0 atom stereocenters. The van der Waals surface area contributed by atoms with Crippen LogP contribution in [0.25, 0.3) is 0 Å². The van der Waals surface area contributed by atoms with Gasteiger partial charge in [-0.25, -0.2) is 0 Å².